The fourth-order valence-electron chi connectivity index (χ4n) is 4.07. The van der Waals surface area contributed by atoms with Crippen LogP contribution in [0.15, 0.2) is 48.5 Å². The quantitative estimate of drug-likeness (QED) is 0.585. The third-order valence-electron chi connectivity index (χ3n) is 5.83. The van der Waals surface area contributed by atoms with Gasteiger partial charge in [0, 0.05) is 33.2 Å². The van der Waals surface area contributed by atoms with Crippen molar-refractivity contribution in [2.75, 3.05) is 33.2 Å². The summed E-state index contributed by atoms with van der Waals surface area (Å²) in [6.45, 7) is 1.67. The Kier molecular flexibility index (Phi) is 7.75. The summed E-state index contributed by atoms with van der Waals surface area (Å²) in [6.07, 6.45) is -10.3. The number of hydrogen-bond donors (Lipinski definition) is 2. The van der Waals surface area contributed by atoms with Gasteiger partial charge in [-0.2, -0.15) is 26.3 Å². The van der Waals surface area contributed by atoms with Crippen molar-refractivity contribution in [1.29, 1.82) is 0 Å². The van der Waals surface area contributed by atoms with Gasteiger partial charge in [0.25, 0.3) is 0 Å². The molecule has 0 spiro atoms. The van der Waals surface area contributed by atoms with Gasteiger partial charge in [-0.1, -0.05) is 30.3 Å². The van der Waals surface area contributed by atoms with Crippen molar-refractivity contribution in [3.63, 3.8) is 0 Å². The number of amides is 1. The molecule has 2 aromatic rings. The van der Waals surface area contributed by atoms with Crippen molar-refractivity contribution in [2.45, 2.75) is 24.2 Å². The largest absolute Gasteiger partial charge is 0.481 e. The Bertz CT molecular complexity index is 1020. The summed E-state index contributed by atoms with van der Waals surface area (Å²) in [5, 5.41) is 15.7. The second-order valence-corrected chi connectivity index (χ2v) is 8.11. The smallest absolute Gasteiger partial charge is 0.416 e. The molecule has 35 heavy (non-hydrogen) atoms. The van der Waals surface area contributed by atoms with Gasteiger partial charge in [0.15, 0.2) is 0 Å². The molecule has 1 saturated heterocycles. The second-order valence-electron chi connectivity index (χ2n) is 8.11. The number of carbonyl (C=O) groups excluding carboxylic acids is 1. The number of alkyl halides is 6. The number of piperazine rings is 1. The molecule has 1 fully saturated rings. The summed E-state index contributed by atoms with van der Waals surface area (Å²) in [4.78, 5) is 26.0. The molecule has 12 heteroatoms. The van der Waals surface area contributed by atoms with Crippen molar-refractivity contribution in [2.24, 2.45) is 0 Å². The molecule has 2 atom stereocenters. The first-order valence-electron chi connectivity index (χ1n) is 10.6. The van der Waals surface area contributed by atoms with Gasteiger partial charge in [0.05, 0.1) is 23.0 Å². The summed E-state index contributed by atoms with van der Waals surface area (Å²) in [7, 11) is 1.32. The topological polar surface area (TPSA) is 72.9 Å². The number of carboxylic acid groups (broad SMARTS) is 1. The third kappa shape index (κ3) is 6.12. The molecule has 1 aliphatic rings. The lowest BCUT2D eigenvalue weighted by Crippen LogP contribution is -2.54. The monoisotopic (exact) mass is 503 g/mol. The Morgan fingerprint density at radius 3 is 1.86 bits per heavy atom. The van der Waals surface area contributed by atoms with Crippen LogP contribution < -0.4 is 5.32 Å². The van der Waals surface area contributed by atoms with Crippen molar-refractivity contribution in [1.82, 2.24) is 15.3 Å². The molecule has 0 aliphatic carbocycles. The van der Waals surface area contributed by atoms with E-state index in [0.717, 1.165) is 5.01 Å². The molecule has 6 nitrogen and oxygen atoms in total. The summed E-state index contributed by atoms with van der Waals surface area (Å²) in [5.74, 6) is -6.10. The summed E-state index contributed by atoms with van der Waals surface area (Å²) < 4.78 is 81.2. The molecule has 2 N–H and O–H groups in total. The number of nitrogens with zero attached hydrogens (tertiary/aromatic N) is 2. The van der Waals surface area contributed by atoms with Gasteiger partial charge in [0.2, 0.25) is 5.91 Å². The lowest BCUT2D eigenvalue weighted by Gasteiger charge is -2.38. The van der Waals surface area contributed by atoms with E-state index >= 15 is 0 Å². The highest BCUT2D eigenvalue weighted by Crippen LogP contribution is 2.42. The van der Waals surface area contributed by atoms with Crippen LogP contribution in [0.2, 0.25) is 0 Å². The first kappa shape index (κ1) is 26.5. The molecule has 2 aromatic carbocycles. The summed E-state index contributed by atoms with van der Waals surface area (Å²) in [5.41, 5.74) is -3.86. The van der Waals surface area contributed by atoms with E-state index in [-0.39, 0.29) is 11.6 Å². The highest BCUT2D eigenvalue weighted by Gasteiger charge is 2.43. The van der Waals surface area contributed by atoms with Crippen molar-refractivity contribution in [3.8, 4) is 0 Å². The molecule has 190 valence electrons. The molecule has 0 bridgehead atoms. The minimum atomic E-state index is -5.15. The zero-order valence-electron chi connectivity index (χ0n) is 18.5. The zero-order valence-corrected chi connectivity index (χ0v) is 18.5. The molecule has 0 aromatic heterocycles. The van der Waals surface area contributed by atoms with Crippen LogP contribution in [0, 0.1) is 0 Å². The van der Waals surface area contributed by atoms with Crippen molar-refractivity contribution >= 4 is 11.9 Å². The van der Waals surface area contributed by atoms with E-state index in [4.69, 9.17) is 0 Å². The molecule has 2 unspecified atom stereocenters. The number of hydrazine groups is 1. The van der Waals surface area contributed by atoms with Gasteiger partial charge in [-0.15, -0.1) is 0 Å². The maximum atomic E-state index is 13.6. The first-order chi connectivity index (χ1) is 16.3. The minimum Gasteiger partial charge on any atom is -0.481 e. The fraction of sp³-hybridized carbons (Fsp3) is 0.391. The van der Waals surface area contributed by atoms with Crippen LogP contribution in [0.3, 0.4) is 0 Å². The number of carbonyl (C=O) groups is 2. The van der Waals surface area contributed by atoms with E-state index in [1.54, 1.807) is 11.1 Å². The second kappa shape index (κ2) is 10.2. The van der Waals surface area contributed by atoms with Gasteiger partial charge in [-0.25, -0.2) is 5.01 Å². The van der Waals surface area contributed by atoms with Crippen LogP contribution in [0.4, 0.5) is 26.3 Å². The maximum absolute atomic E-state index is 13.6. The lowest BCUT2D eigenvalue weighted by molar-refractivity contribution is -0.153. The number of carboxylic acids is 1. The van der Waals surface area contributed by atoms with Crippen LogP contribution in [0.25, 0.3) is 0 Å². The van der Waals surface area contributed by atoms with Gasteiger partial charge in [0.1, 0.15) is 0 Å². The third-order valence-corrected chi connectivity index (χ3v) is 5.83. The molecule has 1 aliphatic heterocycles. The highest BCUT2D eigenvalue weighted by atomic mass is 19.4. The Morgan fingerprint density at radius 2 is 1.40 bits per heavy atom. The molecule has 0 radical (unpaired) electrons. The van der Waals surface area contributed by atoms with Gasteiger partial charge >= 0.3 is 18.3 Å². The van der Waals surface area contributed by atoms with Gasteiger partial charge in [-0.3, -0.25) is 14.6 Å². The number of halogens is 6. The number of rotatable bonds is 6. The standard InChI is InChI=1S/C23H23F6N3O3/c1-31(32-9-7-30-8-10-32)20(33)18(19(21(34)35)14-5-3-2-4-6-14)15-11-16(22(24,25)26)13-17(12-15)23(27,28)29/h2-6,11-13,18-19,30H,7-10H2,1H3,(H,34,35). The SMILES string of the molecule is CN(C(=O)C(c1cc(C(F)(F)F)cc(C(F)(F)F)c1)C(C(=O)O)c1ccccc1)N1CCNCC1. The van der Waals surface area contributed by atoms with Crippen molar-refractivity contribution in [3.05, 3.63) is 70.8 Å². The van der Waals surface area contributed by atoms with E-state index in [1.165, 1.54) is 31.3 Å². The van der Waals surface area contributed by atoms with Crippen LogP contribution in [-0.2, 0) is 21.9 Å². The molecule has 1 amide bonds. The summed E-state index contributed by atoms with van der Waals surface area (Å²) >= 11 is 0. The Hall–Kier alpha value is -3.12. The average Bonchev–Trinajstić information content (AvgIpc) is 2.81. The van der Waals surface area contributed by atoms with Crippen LogP contribution in [0.5, 0.6) is 0 Å². The minimum absolute atomic E-state index is 0.0522. The van der Waals surface area contributed by atoms with Crippen LogP contribution in [-0.4, -0.2) is 60.2 Å². The number of likely N-dealkylation sites (N-methyl/N-ethyl adjacent to an activating group) is 1. The molecule has 1 heterocycles. The van der Waals surface area contributed by atoms with Crippen LogP contribution in [0.1, 0.15) is 34.1 Å². The molecular weight excluding hydrogens is 480 g/mol. The fourth-order valence-corrected chi connectivity index (χ4v) is 4.07. The zero-order chi connectivity index (χ0) is 26.0. The predicted molar refractivity (Wildman–Crippen MR) is 113 cm³/mol. The number of nitrogens with one attached hydrogen (secondary N) is 1. The summed E-state index contributed by atoms with van der Waals surface area (Å²) in [6, 6.07) is 8.02. The molecule has 0 saturated carbocycles. The van der Waals surface area contributed by atoms with E-state index in [9.17, 15) is 41.0 Å². The number of benzene rings is 2. The van der Waals surface area contributed by atoms with Crippen molar-refractivity contribution < 1.29 is 41.0 Å². The van der Waals surface area contributed by atoms with Gasteiger partial charge in [-0.05, 0) is 29.3 Å². The number of hydrogen-bond acceptors (Lipinski definition) is 4. The Balaban J connectivity index is 2.23. The first-order valence-corrected chi connectivity index (χ1v) is 10.6. The normalized spacial score (nSPS) is 17.0. The Morgan fingerprint density at radius 1 is 0.886 bits per heavy atom. The maximum Gasteiger partial charge on any atom is 0.416 e. The average molecular weight is 503 g/mol. The molecular formula is C23H23F6N3O3. The Labute approximate surface area is 197 Å². The van der Waals surface area contributed by atoms with Crippen LogP contribution >= 0.6 is 0 Å². The highest BCUT2D eigenvalue weighted by molar-refractivity contribution is 5.92. The van der Waals surface area contributed by atoms with E-state index in [0.29, 0.717) is 38.3 Å². The predicted octanol–water partition coefficient (Wildman–Crippen LogP) is 3.95. The van der Waals surface area contributed by atoms with Gasteiger partial charge < -0.3 is 10.4 Å². The van der Waals surface area contributed by atoms with E-state index < -0.39 is 52.8 Å². The van der Waals surface area contributed by atoms with E-state index in [1.807, 2.05) is 0 Å². The molecule has 3 rings (SSSR count). The lowest BCUT2D eigenvalue weighted by atomic mass is 9.79. The van der Waals surface area contributed by atoms with E-state index in [2.05, 4.69) is 5.32 Å². The number of aliphatic carboxylic acids is 1.